The second kappa shape index (κ2) is 11.5. The monoisotopic (exact) mass is 498 g/mol. The molecule has 0 spiro atoms. The molecule has 6 nitrogen and oxygen atoms in total. The van der Waals surface area contributed by atoms with Gasteiger partial charge in [0.1, 0.15) is 15.8 Å². The fraction of sp³-hybridized carbons (Fsp3) is 0.538. The second-order valence-electron chi connectivity index (χ2n) is 9.46. The minimum Gasteiger partial charge on any atom is -0.367 e. The van der Waals surface area contributed by atoms with Crippen LogP contribution < -0.4 is 10.9 Å². The van der Waals surface area contributed by atoms with Gasteiger partial charge in [0.05, 0.1) is 10.5 Å². The lowest BCUT2D eigenvalue weighted by molar-refractivity contribution is -0.122. The molecular weight excluding hydrogens is 464 g/mol. The third kappa shape index (κ3) is 5.71. The first-order valence-electron chi connectivity index (χ1n) is 12.5. The van der Waals surface area contributed by atoms with Crippen LogP contribution in [0.25, 0.3) is 11.7 Å². The van der Waals surface area contributed by atoms with Crippen molar-refractivity contribution < 1.29 is 4.79 Å². The number of anilines is 1. The van der Waals surface area contributed by atoms with Crippen LogP contribution in [0.3, 0.4) is 0 Å². The molecule has 1 saturated heterocycles. The molecule has 0 radical (unpaired) electrons. The van der Waals surface area contributed by atoms with E-state index < -0.39 is 0 Å². The van der Waals surface area contributed by atoms with Crippen molar-refractivity contribution in [3.8, 4) is 0 Å². The average molecular weight is 499 g/mol. The molecule has 1 aliphatic heterocycles. The van der Waals surface area contributed by atoms with Gasteiger partial charge in [-0.2, -0.15) is 0 Å². The Balaban J connectivity index is 1.61. The molecule has 0 unspecified atom stereocenters. The Bertz CT molecular complexity index is 1140. The van der Waals surface area contributed by atoms with Crippen molar-refractivity contribution in [3.63, 3.8) is 0 Å². The maximum Gasteiger partial charge on any atom is 0.267 e. The van der Waals surface area contributed by atoms with Gasteiger partial charge in [-0.3, -0.25) is 18.9 Å². The molecule has 182 valence electrons. The molecule has 0 atom stereocenters. The van der Waals surface area contributed by atoms with Gasteiger partial charge >= 0.3 is 0 Å². The summed E-state index contributed by atoms with van der Waals surface area (Å²) in [6, 6.07) is 5.79. The Morgan fingerprint density at radius 2 is 1.91 bits per heavy atom. The number of carbonyl (C=O) groups excluding carboxylic acids is 1. The van der Waals surface area contributed by atoms with Gasteiger partial charge in [-0.1, -0.05) is 69.6 Å². The first-order valence-corrected chi connectivity index (χ1v) is 13.7. The third-order valence-electron chi connectivity index (χ3n) is 6.76. The Hall–Kier alpha value is -2.19. The van der Waals surface area contributed by atoms with Gasteiger partial charge in [0.15, 0.2) is 0 Å². The van der Waals surface area contributed by atoms with Gasteiger partial charge in [-0.05, 0) is 56.2 Å². The fourth-order valence-corrected chi connectivity index (χ4v) is 5.93. The van der Waals surface area contributed by atoms with Crippen molar-refractivity contribution >= 4 is 51.7 Å². The highest BCUT2D eigenvalue weighted by molar-refractivity contribution is 8.26. The summed E-state index contributed by atoms with van der Waals surface area (Å²) in [5.74, 6) is 1.18. The van der Waals surface area contributed by atoms with E-state index in [0.717, 1.165) is 44.4 Å². The molecule has 34 heavy (non-hydrogen) atoms. The van der Waals surface area contributed by atoms with E-state index in [1.807, 2.05) is 18.2 Å². The predicted octanol–water partition coefficient (Wildman–Crippen LogP) is 5.86. The molecule has 4 rings (SSSR count). The number of nitrogens with one attached hydrogen (secondary N) is 1. The van der Waals surface area contributed by atoms with Gasteiger partial charge < -0.3 is 5.32 Å². The molecule has 0 bridgehead atoms. The number of amides is 1. The second-order valence-corrected chi connectivity index (χ2v) is 11.1. The molecule has 2 aliphatic rings. The zero-order valence-electron chi connectivity index (χ0n) is 20.1. The standard InChI is InChI=1S/C26H34N4O2S2/c1-3-4-5-6-8-16-30-25(32)21(34-26(30)33)17-20-23(27-19-13-11-18(2)12-14-19)28-22-10-7-9-15-29(22)24(20)31/h7,9-10,15,17-19,27H,3-6,8,11-14,16H2,1-2H3. The number of thiocarbonyl (C=S) groups is 1. The average Bonchev–Trinajstić information content (AvgIpc) is 3.10. The number of thioether (sulfide) groups is 1. The van der Waals surface area contributed by atoms with Crippen LogP contribution in [0.5, 0.6) is 0 Å². The van der Waals surface area contributed by atoms with Gasteiger partial charge in [-0.25, -0.2) is 4.98 Å². The van der Waals surface area contributed by atoms with E-state index in [2.05, 4.69) is 19.2 Å². The van der Waals surface area contributed by atoms with Crippen LogP contribution in [-0.2, 0) is 4.79 Å². The first kappa shape index (κ1) is 24.9. The van der Waals surface area contributed by atoms with E-state index in [1.54, 1.807) is 17.2 Å². The normalized spacial score (nSPS) is 22.2. The Morgan fingerprint density at radius 3 is 2.68 bits per heavy atom. The van der Waals surface area contributed by atoms with E-state index >= 15 is 0 Å². The number of aromatic nitrogens is 2. The highest BCUT2D eigenvalue weighted by Crippen LogP contribution is 2.34. The molecule has 2 fully saturated rings. The molecule has 1 aliphatic carbocycles. The summed E-state index contributed by atoms with van der Waals surface area (Å²) in [4.78, 5) is 33.5. The highest BCUT2D eigenvalue weighted by atomic mass is 32.2. The smallest absolute Gasteiger partial charge is 0.267 e. The van der Waals surface area contributed by atoms with Gasteiger partial charge in [0.2, 0.25) is 0 Å². The van der Waals surface area contributed by atoms with Crippen LogP contribution in [0.2, 0.25) is 0 Å². The number of rotatable bonds is 9. The zero-order valence-corrected chi connectivity index (χ0v) is 21.7. The van der Waals surface area contributed by atoms with E-state index in [4.69, 9.17) is 17.2 Å². The lowest BCUT2D eigenvalue weighted by atomic mass is 9.87. The van der Waals surface area contributed by atoms with E-state index in [-0.39, 0.29) is 17.5 Å². The molecule has 1 N–H and O–H groups in total. The summed E-state index contributed by atoms with van der Waals surface area (Å²) < 4.78 is 2.10. The van der Waals surface area contributed by atoms with Crippen molar-refractivity contribution in [1.29, 1.82) is 0 Å². The largest absolute Gasteiger partial charge is 0.367 e. The summed E-state index contributed by atoms with van der Waals surface area (Å²) in [5, 5.41) is 3.53. The number of carbonyl (C=O) groups is 1. The van der Waals surface area contributed by atoms with Crippen molar-refractivity contribution in [2.75, 3.05) is 11.9 Å². The van der Waals surface area contributed by atoms with Gasteiger partial charge in [-0.15, -0.1) is 0 Å². The predicted molar refractivity (Wildman–Crippen MR) is 145 cm³/mol. The summed E-state index contributed by atoms with van der Waals surface area (Å²) in [6.45, 7) is 5.11. The van der Waals surface area contributed by atoms with Gasteiger partial charge in [0.25, 0.3) is 11.5 Å². The first-order chi connectivity index (χ1) is 16.5. The molecular formula is C26H34N4O2S2. The molecule has 1 amide bonds. The quantitative estimate of drug-likeness (QED) is 0.265. The Labute approximate surface area is 211 Å². The molecule has 1 saturated carbocycles. The van der Waals surface area contributed by atoms with E-state index in [9.17, 15) is 9.59 Å². The summed E-state index contributed by atoms with van der Waals surface area (Å²) >= 11 is 6.79. The molecule has 3 heterocycles. The number of pyridine rings is 1. The van der Waals surface area contributed by atoms with E-state index in [0.29, 0.717) is 32.8 Å². The summed E-state index contributed by atoms with van der Waals surface area (Å²) in [5.41, 5.74) is 0.837. The number of fused-ring (bicyclic) bond motifs is 1. The molecule has 2 aromatic heterocycles. The van der Waals surface area contributed by atoms with Crippen LogP contribution in [0, 0.1) is 5.92 Å². The Morgan fingerprint density at radius 1 is 1.15 bits per heavy atom. The minimum absolute atomic E-state index is 0.111. The maximum atomic E-state index is 13.4. The van der Waals surface area contributed by atoms with E-state index in [1.165, 1.54) is 35.4 Å². The van der Waals surface area contributed by atoms with Crippen LogP contribution in [-0.4, -0.2) is 37.1 Å². The van der Waals surface area contributed by atoms with Gasteiger partial charge in [0, 0.05) is 18.8 Å². The third-order valence-corrected chi connectivity index (χ3v) is 8.14. The molecule has 0 aromatic carbocycles. The van der Waals surface area contributed by atoms with Crippen LogP contribution in [0.15, 0.2) is 34.1 Å². The molecule has 8 heteroatoms. The number of unbranched alkanes of at least 4 members (excludes halogenated alkanes) is 4. The lowest BCUT2D eigenvalue weighted by Crippen LogP contribution is -2.29. The highest BCUT2D eigenvalue weighted by Gasteiger charge is 2.32. The number of nitrogens with zero attached hydrogens (tertiary/aromatic N) is 3. The van der Waals surface area contributed by atoms with Crippen molar-refractivity contribution in [2.45, 2.75) is 77.7 Å². The van der Waals surface area contributed by atoms with Crippen molar-refractivity contribution in [3.05, 3.63) is 45.2 Å². The summed E-state index contributed by atoms with van der Waals surface area (Å²) in [7, 11) is 0. The van der Waals surface area contributed by atoms with Crippen molar-refractivity contribution in [2.24, 2.45) is 5.92 Å². The van der Waals surface area contributed by atoms with Crippen molar-refractivity contribution in [1.82, 2.24) is 14.3 Å². The summed E-state index contributed by atoms with van der Waals surface area (Å²) in [6.07, 6.45) is 13.5. The lowest BCUT2D eigenvalue weighted by Gasteiger charge is -2.27. The SMILES string of the molecule is CCCCCCCN1C(=O)C(=Cc2c(NC3CCC(C)CC3)nc3ccccn3c2=O)SC1=S. The number of hydrogen-bond donors (Lipinski definition) is 1. The van der Waals surface area contributed by atoms with Crippen LogP contribution in [0.1, 0.15) is 77.2 Å². The fourth-order valence-electron chi connectivity index (χ4n) is 4.64. The minimum atomic E-state index is -0.179. The Kier molecular flexibility index (Phi) is 8.42. The topological polar surface area (TPSA) is 66.7 Å². The number of hydrogen-bond acceptors (Lipinski definition) is 6. The molecule has 2 aromatic rings. The maximum absolute atomic E-state index is 13.4. The van der Waals surface area contributed by atoms with Crippen LogP contribution in [0.4, 0.5) is 5.82 Å². The zero-order chi connectivity index (χ0) is 24.1. The van der Waals surface area contributed by atoms with Crippen LogP contribution >= 0.6 is 24.0 Å².